The van der Waals surface area contributed by atoms with Crippen molar-refractivity contribution in [3.63, 3.8) is 0 Å². The molecule has 0 saturated heterocycles. The fourth-order valence-electron chi connectivity index (χ4n) is 2.00. The summed E-state index contributed by atoms with van der Waals surface area (Å²) in [6, 6.07) is 5.48. The Kier molecular flexibility index (Phi) is 3.63. The van der Waals surface area contributed by atoms with Crippen molar-refractivity contribution in [1.82, 2.24) is 9.03 Å². The topological polar surface area (TPSA) is 102 Å². The van der Waals surface area contributed by atoms with Crippen LogP contribution in [0.5, 0.6) is 0 Å². The minimum absolute atomic E-state index is 0.147. The summed E-state index contributed by atoms with van der Waals surface area (Å²) >= 11 is 0. The molecule has 0 radical (unpaired) electrons. The van der Waals surface area contributed by atoms with Gasteiger partial charge in [-0.1, -0.05) is 12.1 Å². The van der Waals surface area contributed by atoms with Crippen LogP contribution >= 0.6 is 0 Å². The van der Waals surface area contributed by atoms with Gasteiger partial charge in [0.05, 0.1) is 7.11 Å². The lowest BCUT2D eigenvalue weighted by Gasteiger charge is -2.28. The van der Waals surface area contributed by atoms with Gasteiger partial charge in [-0.15, -0.1) is 0 Å². The number of carbonyl (C=O) groups is 1. The average molecular weight is 285 g/mol. The summed E-state index contributed by atoms with van der Waals surface area (Å²) in [6.07, 6.45) is -0.450. The first-order chi connectivity index (χ1) is 8.94. The Morgan fingerprint density at radius 1 is 1.47 bits per heavy atom. The van der Waals surface area contributed by atoms with Gasteiger partial charge in [0.1, 0.15) is 0 Å². The Hall–Kier alpha value is -1.80. The van der Waals surface area contributed by atoms with Crippen LogP contribution in [0.2, 0.25) is 0 Å². The monoisotopic (exact) mass is 285 g/mol. The maximum Gasteiger partial charge on any atom is 0.421 e. The lowest BCUT2D eigenvalue weighted by atomic mass is 10.00. The molecule has 104 valence electrons. The quantitative estimate of drug-likeness (QED) is 0.757. The van der Waals surface area contributed by atoms with Crippen molar-refractivity contribution in [3.05, 3.63) is 29.3 Å². The summed E-state index contributed by atoms with van der Waals surface area (Å²) in [5.74, 6) is 0. The second kappa shape index (κ2) is 5.06. The van der Waals surface area contributed by atoms with Gasteiger partial charge in [0.25, 0.3) is 0 Å². The summed E-state index contributed by atoms with van der Waals surface area (Å²) in [5, 5.41) is 0. The van der Waals surface area contributed by atoms with Crippen LogP contribution < -0.4 is 10.5 Å². The van der Waals surface area contributed by atoms with Crippen LogP contribution in [-0.4, -0.2) is 32.5 Å². The molecule has 0 bridgehead atoms. The van der Waals surface area contributed by atoms with E-state index in [1.54, 1.807) is 6.07 Å². The molecule has 1 heterocycles. The summed E-state index contributed by atoms with van der Waals surface area (Å²) < 4.78 is 31.2. The van der Waals surface area contributed by atoms with E-state index in [-0.39, 0.29) is 6.54 Å². The fourth-order valence-corrected chi connectivity index (χ4v) is 3.05. The number of hydrogen-bond donors (Lipinski definition) is 2. The van der Waals surface area contributed by atoms with Gasteiger partial charge in [-0.25, -0.2) is 9.52 Å². The molecule has 3 N–H and O–H groups in total. The highest BCUT2D eigenvalue weighted by Gasteiger charge is 2.29. The molecule has 2 rings (SSSR count). The Morgan fingerprint density at radius 3 is 2.89 bits per heavy atom. The number of nitrogens with two attached hydrogens (primary N) is 1. The molecule has 1 aromatic rings. The summed E-state index contributed by atoms with van der Waals surface area (Å²) in [5.41, 5.74) is 8.21. The fraction of sp³-hybridized carbons (Fsp3) is 0.364. The van der Waals surface area contributed by atoms with E-state index in [4.69, 9.17) is 5.73 Å². The van der Waals surface area contributed by atoms with Gasteiger partial charge in [0, 0.05) is 18.8 Å². The third kappa shape index (κ3) is 2.79. The molecular weight excluding hydrogens is 270 g/mol. The minimum Gasteiger partial charge on any atom is -0.452 e. The molecular formula is C11H15N3O4S. The number of rotatable bonds is 2. The van der Waals surface area contributed by atoms with Crippen molar-refractivity contribution < 1.29 is 17.9 Å². The average Bonchev–Trinajstić information content (AvgIpc) is 2.38. The van der Waals surface area contributed by atoms with Gasteiger partial charge < -0.3 is 10.5 Å². The number of amides is 1. The van der Waals surface area contributed by atoms with E-state index in [0.29, 0.717) is 18.7 Å². The molecule has 0 spiro atoms. The maximum atomic E-state index is 11.9. The molecule has 0 atom stereocenters. The van der Waals surface area contributed by atoms with Gasteiger partial charge in [-0.3, -0.25) is 0 Å². The highest BCUT2D eigenvalue weighted by Crippen LogP contribution is 2.25. The van der Waals surface area contributed by atoms with E-state index >= 15 is 0 Å². The van der Waals surface area contributed by atoms with Crippen LogP contribution in [0.4, 0.5) is 10.5 Å². The lowest BCUT2D eigenvalue weighted by Crippen LogP contribution is -2.45. The third-order valence-electron chi connectivity index (χ3n) is 3.01. The van der Waals surface area contributed by atoms with Crippen LogP contribution in [0.3, 0.4) is 0 Å². The molecule has 0 fully saturated rings. The summed E-state index contributed by atoms with van der Waals surface area (Å²) in [7, 11) is -2.80. The number of fused-ring (bicyclic) bond motifs is 1. The highest BCUT2D eigenvalue weighted by atomic mass is 32.2. The van der Waals surface area contributed by atoms with E-state index in [2.05, 4.69) is 4.74 Å². The van der Waals surface area contributed by atoms with E-state index < -0.39 is 16.3 Å². The first-order valence-corrected chi connectivity index (χ1v) is 7.10. The molecule has 1 aliphatic heterocycles. The molecule has 0 unspecified atom stereocenters. The number of nitrogen functional groups attached to an aromatic ring is 1. The van der Waals surface area contributed by atoms with Crippen LogP contribution in [0, 0.1) is 0 Å². The largest absolute Gasteiger partial charge is 0.452 e. The second-order valence-corrected chi connectivity index (χ2v) is 5.84. The molecule has 8 heteroatoms. The van der Waals surface area contributed by atoms with Crippen molar-refractivity contribution in [3.8, 4) is 0 Å². The standard InChI is InChI=1S/C11H15N3O4S/c1-18-11(15)13-19(16,17)14-6-5-8-3-2-4-10(12)9(8)7-14/h2-4H,5-7,12H2,1H3,(H,13,15). The predicted octanol–water partition coefficient (Wildman–Crippen LogP) is 0.228. The van der Waals surface area contributed by atoms with Crippen LogP contribution in [0.1, 0.15) is 11.1 Å². The zero-order chi connectivity index (χ0) is 14.0. The first-order valence-electron chi connectivity index (χ1n) is 5.66. The van der Waals surface area contributed by atoms with E-state index in [1.165, 1.54) is 4.31 Å². The molecule has 7 nitrogen and oxygen atoms in total. The SMILES string of the molecule is COC(=O)NS(=O)(=O)N1CCc2cccc(N)c2C1. The van der Waals surface area contributed by atoms with E-state index in [9.17, 15) is 13.2 Å². The minimum atomic E-state index is -3.90. The molecule has 0 aromatic heterocycles. The number of methoxy groups -OCH3 is 1. The number of nitrogens with zero attached hydrogens (tertiary/aromatic N) is 1. The molecule has 0 aliphatic carbocycles. The molecule has 0 saturated carbocycles. The van der Waals surface area contributed by atoms with Crippen molar-refractivity contribution >= 4 is 22.0 Å². The lowest BCUT2D eigenvalue weighted by molar-refractivity contribution is 0.176. The van der Waals surface area contributed by atoms with Gasteiger partial charge in [-0.2, -0.15) is 12.7 Å². The highest BCUT2D eigenvalue weighted by molar-refractivity contribution is 7.87. The van der Waals surface area contributed by atoms with Gasteiger partial charge >= 0.3 is 16.3 Å². The Balaban J connectivity index is 2.22. The predicted molar refractivity (Wildman–Crippen MR) is 69.4 cm³/mol. The number of ether oxygens (including phenoxy) is 1. The van der Waals surface area contributed by atoms with Gasteiger partial charge in [0.15, 0.2) is 0 Å². The number of hydrogen-bond acceptors (Lipinski definition) is 5. The van der Waals surface area contributed by atoms with Crippen LogP contribution in [0.15, 0.2) is 18.2 Å². The van der Waals surface area contributed by atoms with Crippen molar-refractivity contribution in [2.24, 2.45) is 0 Å². The smallest absolute Gasteiger partial charge is 0.421 e. The zero-order valence-corrected chi connectivity index (χ0v) is 11.2. The zero-order valence-electron chi connectivity index (χ0n) is 10.4. The van der Waals surface area contributed by atoms with Gasteiger partial charge in [-0.05, 0) is 23.6 Å². The summed E-state index contributed by atoms with van der Waals surface area (Å²) in [4.78, 5) is 11.0. The van der Waals surface area contributed by atoms with Gasteiger partial charge in [0.2, 0.25) is 0 Å². The maximum absolute atomic E-state index is 11.9. The van der Waals surface area contributed by atoms with Crippen molar-refractivity contribution in [1.29, 1.82) is 0 Å². The van der Waals surface area contributed by atoms with Crippen molar-refractivity contribution in [2.45, 2.75) is 13.0 Å². The number of carbonyl (C=O) groups excluding carboxylic acids is 1. The molecule has 19 heavy (non-hydrogen) atoms. The number of benzene rings is 1. The summed E-state index contributed by atoms with van der Waals surface area (Å²) in [6.45, 7) is 0.442. The van der Waals surface area contributed by atoms with Crippen LogP contribution in [-0.2, 0) is 27.9 Å². The van der Waals surface area contributed by atoms with E-state index in [1.807, 2.05) is 16.9 Å². The second-order valence-electron chi connectivity index (χ2n) is 4.17. The molecule has 1 amide bonds. The van der Waals surface area contributed by atoms with E-state index in [0.717, 1.165) is 18.2 Å². The van der Waals surface area contributed by atoms with Crippen LogP contribution in [0.25, 0.3) is 0 Å². The first kappa shape index (κ1) is 13.6. The molecule has 1 aliphatic rings. The third-order valence-corrected chi connectivity index (χ3v) is 4.43. The van der Waals surface area contributed by atoms with Crippen molar-refractivity contribution in [2.75, 3.05) is 19.4 Å². The number of nitrogens with one attached hydrogen (secondary N) is 1. The Labute approximate surface area is 111 Å². The normalized spacial score (nSPS) is 15.6. The molecule has 1 aromatic carbocycles. The Bertz CT molecular complexity index is 600. The number of anilines is 1. The Morgan fingerprint density at radius 2 is 2.21 bits per heavy atom.